The van der Waals surface area contributed by atoms with Gasteiger partial charge in [-0.2, -0.15) is 13.9 Å². The van der Waals surface area contributed by atoms with E-state index in [2.05, 4.69) is 9.84 Å². The summed E-state index contributed by atoms with van der Waals surface area (Å²) in [5.74, 6) is 0. The quantitative estimate of drug-likeness (QED) is 0.784. The fraction of sp³-hybridized carbons (Fsp3) is 0.625. The van der Waals surface area contributed by atoms with E-state index in [0.29, 0.717) is 6.54 Å². The predicted molar refractivity (Wildman–Crippen MR) is 46.8 cm³/mol. The Bertz CT molecular complexity index is 275. The van der Waals surface area contributed by atoms with Crippen molar-refractivity contribution in [1.82, 2.24) is 9.78 Å². The molecular weight excluding hydrogens is 192 g/mol. The van der Waals surface area contributed by atoms with Crippen LogP contribution >= 0.6 is 0 Å². The Hall–Kier alpha value is -1.01. The van der Waals surface area contributed by atoms with Crippen molar-refractivity contribution in [3.05, 3.63) is 18.0 Å². The fourth-order valence-corrected chi connectivity index (χ4v) is 0.972. The molecular formula is C8H13F2N3O. The summed E-state index contributed by atoms with van der Waals surface area (Å²) in [5.41, 5.74) is 6.48. The maximum Gasteiger partial charge on any atom is 0.345 e. The second kappa shape index (κ2) is 5.02. The molecule has 1 aromatic rings. The number of ether oxygens (including phenoxy) is 1. The molecule has 0 aliphatic heterocycles. The smallest absolute Gasteiger partial charge is 0.324 e. The first-order valence-electron chi connectivity index (χ1n) is 4.27. The highest BCUT2D eigenvalue weighted by Gasteiger charge is 2.04. The van der Waals surface area contributed by atoms with Gasteiger partial charge >= 0.3 is 6.61 Å². The van der Waals surface area contributed by atoms with Crippen LogP contribution in [0.4, 0.5) is 8.78 Å². The lowest BCUT2D eigenvalue weighted by molar-refractivity contribution is -0.130. The molecule has 0 bridgehead atoms. The van der Waals surface area contributed by atoms with Crippen molar-refractivity contribution in [3.63, 3.8) is 0 Å². The molecule has 0 fully saturated rings. The Kier molecular flexibility index (Phi) is 3.97. The number of aromatic nitrogens is 2. The second-order valence-corrected chi connectivity index (χ2v) is 2.96. The van der Waals surface area contributed by atoms with Crippen LogP contribution in [0.1, 0.15) is 18.5 Å². The van der Waals surface area contributed by atoms with E-state index in [0.717, 1.165) is 5.56 Å². The largest absolute Gasteiger partial charge is 0.345 e. The van der Waals surface area contributed by atoms with Crippen molar-refractivity contribution in [2.75, 3.05) is 6.61 Å². The van der Waals surface area contributed by atoms with Crippen molar-refractivity contribution in [1.29, 1.82) is 0 Å². The van der Waals surface area contributed by atoms with Crippen molar-refractivity contribution in [3.8, 4) is 0 Å². The van der Waals surface area contributed by atoms with Gasteiger partial charge in [-0.1, -0.05) is 0 Å². The second-order valence-electron chi connectivity index (χ2n) is 2.96. The molecule has 1 aromatic heterocycles. The summed E-state index contributed by atoms with van der Waals surface area (Å²) in [5, 5.41) is 3.95. The van der Waals surface area contributed by atoms with Gasteiger partial charge in [0.25, 0.3) is 0 Å². The predicted octanol–water partition coefficient (Wildman–Crippen LogP) is 1.14. The Labute approximate surface area is 80.6 Å². The number of rotatable bonds is 5. The summed E-state index contributed by atoms with van der Waals surface area (Å²) in [6.07, 6.45) is 3.34. The fourth-order valence-electron chi connectivity index (χ4n) is 0.972. The third kappa shape index (κ3) is 3.39. The minimum atomic E-state index is -2.72. The average molecular weight is 205 g/mol. The van der Waals surface area contributed by atoms with Crippen LogP contribution in [0.5, 0.6) is 0 Å². The van der Waals surface area contributed by atoms with E-state index in [1.807, 2.05) is 6.92 Å². The highest BCUT2D eigenvalue weighted by atomic mass is 19.3. The van der Waals surface area contributed by atoms with Gasteiger partial charge in [-0.3, -0.25) is 4.68 Å². The molecule has 0 saturated carbocycles. The number of hydrogen-bond acceptors (Lipinski definition) is 3. The highest BCUT2D eigenvalue weighted by Crippen LogP contribution is 2.07. The summed E-state index contributed by atoms with van der Waals surface area (Å²) in [6.45, 7) is -0.648. The van der Waals surface area contributed by atoms with Crippen LogP contribution in [-0.4, -0.2) is 23.0 Å². The minimum absolute atomic E-state index is 0.0578. The number of halogens is 2. The molecule has 0 aromatic carbocycles. The van der Waals surface area contributed by atoms with E-state index >= 15 is 0 Å². The van der Waals surface area contributed by atoms with Gasteiger partial charge in [0.1, 0.15) is 0 Å². The molecule has 0 aliphatic carbocycles. The van der Waals surface area contributed by atoms with Gasteiger partial charge in [0.05, 0.1) is 19.3 Å². The Morgan fingerprint density at radius 1 is 1.64 bits per heavy atom. The zero-order chi connectivity index (χ0) is 10.6. The van der Waals surface area contributed by atoms with Crippen molar-refractivity contribution in [2.45, 2.75) is 26.1 Å². The lowest BCUT2D eigenvalue weighted by Gasteiger charge is -2.02. The van der Waals surface area contributed by atoms with Gasteiger partial charge in [-0.05, 0) is 6.92 Å². The first-order valence-corrected chi connectivity index (χ1v) is 4.27. The summed E-state index contributed by atoms with van der Waals surface area (Å²) in [6, 6.07) is -0.0974. The molecule has 0 amide bonds. The third-order valence-electron chi connectivity index (χ3n) is 1.74. The van der Waals surface area contributed by atoms with E-state index in [1.54, 1.807) is 12.4 Å². The van der Waals surface area contributed by atoms with E-state index in [9.17, 15) is 8.78 Å². The number of nitrogens with two attached hydrogens (primary N) is 1. The number of hydrogen-bond donors (Lipinski definition) is 1. The molecule has 1 atom stereocenters. The van der Waals surface area contributed by atoms with Gasteiger partial charge in [0.2, 0.25) is 0 Å². The Morgan fingerprint density at radius 2 is 2.36 bits per heavy atom. The molecule has 0 spiro atoms. The summed E-state index contributed by atoms with van der Waals surface area (Å²) >= 11 is 0. The molecule has 0 aliphatic rings. The van der Waals surface area contributed by atoms with E-state index in [-0.39, 0.29) is 12.6 Å². The molecule has 1 rings (SSSR count). The molecule has 80 valence electrons. The molecule has 6 heteroatoms. The zero-order valence-electron chi connectivity index (χ0n) is 7.86. The Balaban J connectivity index is 2.36. The lowest BCUT2D eigenvalue weighted by Crippen LogP contribution is -2.09. The molecule has 1 heterocycles. The lowest BCUT2D eigenvalue weighted by atomic mass is 10.2. The molecule has 1 unspecified atom stereocenters. The zero-order valence-corrected chi connectivity index (χ0v) is 7.86. The van der Waals surface area contributed by atoms with Crippen molar-refractivity contribution in [2.24, 2.45) is 5.73 Å². The summed E-state index contributed by atoms with van der Waals surface area (Å²) in [4.78, 5) is 0. The highest BCUT2D eigenvalue weighted by molar-refractivity contribution is 5.07. The standard InChI is InChI=1S/C8H13F2N3O/c1-6(11)7-4-12-13(5-7)2-3-14-8(9)10/h4-6,8H,2-3,11H2,1H3. The normalized spacial score (nSPS) is 13.5. The molecule has 14 heavy (non-hydrogen) atoms. The van der Waals surface area contributed by atoms with Crippen LogP contribution in [0.25, 0.3) is 0 Å². The van der Waals surface area contributed by atoms with Gasteiger partial charge in [0.15, 0.2) is 0 Å². The van der Waals surface area contributed by atoms with Crippen LogP contribution < -0.4 is 5.73 Å². The molecule has 2 N–H and O–H groups in total. The minimum Gasteiger partial charge on any atom is -0.324 e. The first-order chi connectivity index (χ1) is 6.59. The van der Waals surface area contributed by atoms with Crippen LogP contribution in [0.2, 0.25) is 0 Å². The van der Waals surface area contributed by atoms with E-state index in [1.165, 1.54) is 4.68 Å². The van der Waals surface area contributed by atoms with Crippen molar-refractivity contribution >= 4 is 0 Å². The van der Waals surface area contributed by atoms with E-state index < -0.39 is 6.61 Å². The van der Waals surface area contributed by atoms with Gasteiger partial charge in [-0.15, -0.1) is 0 Å². The van der Waals surface area contributed by atoms with Crippen molar-refractivity contribution < 1.29 is 13.5 Å². The van der Waals surface area contributed by atoms with Crippen LogP contribution in [0.15, 0.2) is 12.4 Å². The first kappa shape index (κ1) is 11.1. The SMILES string of the molecule is CC(N)c1cnn(CCOC(F)F)c1. The third-order valence-corrected chi connectivity index (χ3v) is 1.74. The van der Waals surface area contributed by atoms with Gasteiger partial charge < -0.3 is 10.5 Å². The maximum atomic E-state index is 11.6. The summed E-state index contributed by atoms with van der Waals surface area (Å²) < 4.78 is 28.8. The average Bonchev–Trinajstić information content (AvgIpc) is 2.52. The summed E-state index contributed by atoms with van der Waals surface area (Å²) in [7, 11) is 0. The molecule has 0 saturated heterocycles. The van der Waals surface area contributed by atoms with E-state index in [4.69, 9.17) is 5.73 Å². The van der Waals surface area contributed by atoms with Crippen LogP contribution in [0.3, 0.4) is 0 Å². The maximum absolute atomic E-state index is 11.6. The number of nitrogens with zero attached hydrogens (tertiary/aromatic N) is 2. The van der Waals surface area contributed by atoms with Crippen LogP contribution in [-0.2, 0) is 11.3 Å². The van der Waals surface area contributed by atoms with Gasteiger partial charge in [0, 0.05) is 17.8 Å². The van der Waals surface area contributed by atoms with Gasteiger partial charge in [-0.25, -0.2) is 0 Å². The van der Waals surface area contributed by atoms with Crippen LogP contribution in [0, 0.1) is 0 Å². The topological polar surface area (TPSA) is 53.1 Å². The monoisotopic (exact) mass is 205 g/mol. The molecule has 0 radical (unpaired) electrons. The Morgan fingerprint density at radius 3 is 2.86 bits per heavy atom. The molecule has 4 nitrogen and oxygen atoms in total. The number of alkyl halides is 2.